The van der Waals surface area contributed by atoms with Crippen molar-refractivity contribution in [1.82, 2.24) is 0 Å². The van der Waals surface area contributed by atoms with Crippen LogP contribution in [0.5, 0.6) is 11.5 Å². The molecule has 0 atom stereocenters. The highest BCUT2D eigenvalue weighted by atomic mass is 35.5. The van der Waals surface area contributed by atoms with Crippen molar-refractivity contribution in [3.63, 3.8) is 0 Å². The molecular weight excluding hydrogens is 436 g/mol. The number of para-hydroxylation sites is 1. The Bertz CT molecular complexity index is 1090. The maximum atomic E-state index is 12.7. The van der Waals surface area contributed by atoms with E-state index in [9.17, 15) is 9.59 Å². The molecular formula is C23H21ClN2O4S. The summed E-state index contributed by atoms with van der Waals surface area (Å²) in [5.41, 5.74) is 1.58. The lowest BCUT2D eigenvalue weighted by Gasteiger charge is -2.12. The number of hydrogen-bond donors (Lipinski definition) is 2. The Morgan fingerprint density at radius 3 is 2.35 bits per heavy atom. The van der Waals surface area contributed by atoms with E-state index < -0.39 is 0 Å². The van der Waals surface area contributed by atoms with Gasteiger partial charge in [-0.15, -0.1) is 11.8 Å². The first kappa shape index (κ1) is 22.5. The minimum Gasteiger partial charge on any atom is -0.493 e. The van der Waals surface area contributed by atoms with Gasteiger partial charge in [-0.2, -0.15) is 0 Å². The van der Waals surface area contributed by atoms with Gasteiger partial charge in [-0.3, -0.25) is 9.59 Å². The number of halogens is 1. The van der Waals surface area contributed by atoms with Crippen molar-refractivity contribution in [2.75, 3.05) is 30.6 Å². The van der Waals surface area contributed by atoms with Crippen LogP contribution in [0, 0.1) is 0 Å². The van der Waals surface area contributed by atoms with Crippen LogP contribution in [0.4, 0.5) is 11.4 Å². The van der Waals surface area contributed by atoms with Gasteiger partial charge in [-0.05, 0) is 36.4 Å². The number of amides is 2. The van der Waals surface area contributed by atoms with Gasteiger partial charge in [-0.25, -0.2) is 0 Å². The first-order valence-electron chi connectivity index (χ1n) is 9.31. The molecule has 3 rings (SSSR count). The number of ether oxygens (including phenoxy) is 2. The zero-order valence-electron chi connectivity index (χ0n) is 17.0. The summed E-state index contributed by atoms with van der Waals surface area (Å²) in [7, 11) is 3.08. The van der Waals surface area contributed by atoms with E-state index in [-0.39, 0.29) is 17.6 Å². The fourth-order valence-corrected chi connectivity index (χ4v) is 3.82. The van der Waals surface area contributed by atoms with Crippen LogP contribution in [0.25, 0.3) is 0 Å². The van der Waals surface area contributed by atoms with E-state index in [0.29, 0.717) is 38.4 Å². The summed E-state index contributed by atoms with van der Waals surface area (Å²) in [6.45, 7) is 0. The van der Waals surface area contributed by atoms with Crippen LogP contribution in [0.2, 0.25) is 5.02 Å². The molecule has 2 amide bonds. The molecule has 3 aromatic rings. The largest absolute Gasteiger partial charge is 0.493 e. The van der Waals surface area contributed by atoms with Crippen molar-refractivity contribution in [2.45, 2.75) is 4.90 Å². The van der Waals surface area contributed by atoms with Gasteiger partial charge in [0.15, 0.2) is 11.5 Å². The molecule has 3 aromatic carbocycles. The number of carbonyl (C=O) groups excluding carboxylic acids is 2. The Kier molecular flexibility index (Phi) is 7.81. The van der Waals surface area contributed by atoms with Crippen LogP contribution in [-0.2, 0) is 4.79 Å². The first-order chi connectivity index (χ1) is 15.0. The van der Waals surface area contributed by atoms with Gasteiger partial charge in [-0.1, -0.05) is 35.9 Å². The number of methoxy groups -OCH3 is 2. The second kappa shape index (κ2) is 10.7. The molecule has 0 fully saturated rings. The molecule has 0 spiro atoms. The lowest BCUT2D eigenvalue weighted by Crippen LogP contribution is -2.16. The Morgan fingerprint density at radius 2 is 1.61 bits per heavy atom. The van der Waals surface area contributed by atoms with Gasteiger partial charge in [0.25, 0.3) is 5.91 Å². The third kappa shape index (κ3) is 5.93. The number of hydrogen-bond acceptors (Lipinski definition) is 5. The summed E-state index contributed by atoms with van der Waals surface area (Å²) in [4.78, 5) is 25.9. The van der Waals surface area contributed by atoms with Crippen molar-refractivity contribution in [3.8, 4) is 11.5 Å². The van der Waals surface area contributed by atoms with Crippen molar-refractivity contribution in [1.29, 1.82) is 0 Å². The molecule has 0 aliphatic carbocycles. The smallest absolute Gasteiger partial charge is 0.256 e. The molecule has 0 heterocycles. The van der Waals surface area contributed by atoms with E-state index in [1.165, 1.54) is 18.9 Å². The van der Waals surface area contributed by atoms with E-state index >= 15 is 0 Å². The van der Waals surface area contributed by atoms with E-state index in [4.69, 9.17) is 21.1 Å². The predicted octanol–water partition coefficient (Wildman–Crippen LogP) is 5.34. The number of carbonyl (C=O) groups is 2. The molecule has 0 aromatic heterocycles. The Morgan fingerprint density at radius 1 is 0.903 bits per heavy atom. The fourth-order valence-electron chi connectivity index (χ4n) is 2.79. The average molecular weight is 457 g/mol. The van der Waals surface area contributed by atoms with Gasteiger partial charge >= 0.3 is 0 Å². The Labute approximate surface area is 189 Å². The highest BCUT2D eigenvalue weighted by Crippen LogP contribution is 2.30. The molecule has 8 heteroatoms. The van der Waals surface area contributed by atoms with Crippen molar-refractivity contribution in [3.05, 3.63) is 77.3 Å². The predicted molar refractivity (Wildman–Crippen MR) is 125 cm³/mol. The molecule has 0 radical (unpaired) electrons. The highest BCUT2D eigenvalue weighted by Gasteiger charge is 2.14. The number of anilines is 2. The topological polar surface area (TPSA) is 76.7 Å². The molecule has 0 saturated heterocycles. The molecule has 6 nitrogen and oxygen atoms in total. The number of thioether (sulfide) groups is 1. The zero-order chi connectivity index (χ0) is 22.2. The van der Waals surface area contributed by atoms with Crippen molar-refractivity contribution >= 4 is 46.6 Å². The molecule has 0 bridgehead atoms. The Hall–Kier alpha value is -3.16. The molecule has 2 N–H and O–H groups in total. The average Bonchev–Trinajstić information content (AvgIpc) is 2.79. The maximum absolute atomic E-state index is 12.7. The van der Waals surface area contributed by atoms with Crippen LogP contribution in [0.15, 0.2) is 71.6 Å². The zero-order valence-corrected chi connectivity index (χ0v) is 18.5. The van der Waals surface area contributed by atoms with E-state index in [1.807, 2.05) is 6.07 Å². The molecule has 0 unspecified atom stereocenters. The summed E-state index contributed by atoms with van der Waals surface area (Å²) in [6, 6.07) is 19.3. The molecule has 0 saturated carbocycles. The maximum Gasteiger partial charge on any atom is 0.256 e. The highest BCUT2D eigenvalue weighted by molar-refractivity contribution is 8.00. The summed E-state index contributed by atoms with van der Waals surface area (Å²) in [5.74, 6) is 0.725. The number of nitrogens with one attached hydrogen (secondary N) is 2. The summed E-state index contributed by atoms with van der Waals surface area (Å²) in [5, 5.41) is 6.08. The number of benzene rings is 3. The van der Waals surface area contributed by atoms with E-state index in [0.717, 1.165) is 0 Å². The fraction of sp³-hybridized carbons (Fsp3) is 0.130. The third-order valence-electron chi connectivity index (χ3n) is 4.28. The third-order valence-corrected chi connectivity index (χ3v) is 5.68. The lowest BCUT2D eigenvalue weighted by molar-refractivity contribution is -0.113. The Balaban J connectivity index is 1.65. The first-order valence-corrected chi connectivity index (χ1v) is 10.7. The van der Waals surface area contributed by atoms with Gasteiger partial charge in [0.2, 0.25) is 5.91 Å². The monoisotopic (exact) mass is 456 g/mol. The van der Waals surface area contributed by atoms with E-state index in [2.05, 4.69) is 10.6 Å². The standard InChI is InChI=1S/C23H21ClN2O4S/c1-29-19-12-11-15(13-20(19)30-2)25-22(27)14-31-21-10-6-3-7-16(21)23(28)26-18-9-5-4-8-17(18)24/h3-13H,14H2,1-2H3,(H,25,27)(H,26,28). The van der Waals surface area contributed by atoms with Gasteiger partial charge in [0.1, 0.15) is 0 Å². The number of rotatable bonds is 8. The SMILES string of the molecule is COc1ccc(NC(=O)CSc2ccccc2C(=O)Nc2ccccc2Cl)cc1OC. The quantitative estimate of drug-likeness (QED) is 0.447. The van der Waals surface area contributed by atoms with E-state index in [1.54, 1.807) is 67.8 Å². The lowest BCUT2D eigenvalue weighted by atomic mass is 10.2. The summed E-state index contributed by atoms with van der Waals surface area (Å²) in [6.07, 6.45) is 0. The van der Waals surface area contributed by atoms with Gasteiger partial charge in [0, 0.05) is 16.6 Å². The molecule has 160 valence electrons. The molecule has 31 heavy (non-hydrogen) atoms. The van der Waals surface area contributed by atoms with Crippen LogP contribution in [-0.4, -0.2) is 31.8 Å². The normalized spacial score (nSPS) is 10.3. The van der Waals surface area contributed by atoms with Gasteiger partial charge in [0.05, 0.1) is 36.2 Å². The molecule has 0 aliphatic heterocycles. The second-order valence-corrected chi connectivity index (χ2v) is 7.76. The molecule has 0 aliphatic rings. The van der Waals surface area contributed by atoms with Crippen molar-refractivity contribution < 1.29 is 19.1 Å². The minimum atomic E-state index is -0.295. The van der Waals surface area contributed by atoms with Crippen molar-refractivity contribution in [2.24, 2.45) is 0 Å². The minimum absolute atomic E-state index is 0.130. The van der Waals surface area contributed by atoms with Crippen LogP contribution < -0.4 is 20.1 Å². The summed E-state index contributed by atoms with van der Waals surface area (Å²) < 4.78 is 10.5. The van der Waals surface area contributed by atoms with Gasteiger partial charge < -0.3 is 20.1 Å². The summed E-state index contributed by atoms with van der Waals surface area (Å²) >= 11 is 7.40. The second-order valence-electron chi connectivity index (χ2n) is 6.34. The van der Waals surface area contributed by atoms with Crippen LogP contribution in [0.1, 0.15) is 10.4 Å². The van der Waals surface area contributed by atoms with Crippen LogP contribution in [0.3, 0.4) is 0 Å². The van der Waals surface area contributed by atoms with Crippen LogP contribution >= 0.6 is 23.4 Å².